The highest BCUT2D eigenvalue weighted by Gasteiger charge is 2.24. The molecule has 0 unspecified atom stereocenters. The van der Waals surface area contributed by atoms with Crippen molar-refractivity contribution in [3.63, 3.8) is 0 Å². The lowest BCUT2D eigenvalue weighted by atomic mass is 10.1. The summed E-state index contributed by atoms with van der Waals surface area (Å²) in [5.74, 6) is 0.626. The van der Waals surface area contributed by atoms with Gasteiger partial charge in [0.15, 0.2) is 0 Å². The summed E-state index contributed by atoms with van der Waals surface area (Å²) < 4.78 is 3.34. The average Bonchev–Trinajstić information content (AvgIpc) is 3.30. The second-order valence-corrected chi connectivity index (χ2v) is 6.50. The first-order valence-corrected chi connectivity index (χ1v) is 8.09. The summed E-state index contributed by atoms with van der Waals surface area (Å²) in [4.78, 5) is 21.8. The first-order chi connectivity index (χ1) is 11.5. The number of anilines is 1. The SMILES string of the molecule is Cc1nn(C)c(C)c1-c1cc2ncn(C)c(=O)c2c(NC2CC2)n1. The number of aryl methyl sites for hydroxylation is 3. The molecule has 3 aromatic heterocycles. The molecule has 1 saturated carbocycles. The van der Waals surface area contributed by atoms with E-state index in [4.69, 9.17) is 4.98 Å². The quantitative estimate of drug-likeness (QED) is 0.796. The highest BCUT2D eigenvalue weighted by atomic mass is 16.1. The minimum atomic E-state index is -0.0816. The molecule has 0 aliphatic heterocycles. The Morgan fingerprint density at radius 1 is 1.25 bits per heavy atom. The standard InChI is InChI=1S/C17H20N6O/c1-9-14(10(2)23(4)21-9)13-7-12-15(17(24)22(3)8-18-12)16(20-13)19-11-5-6-11/h7-8,11H,5-6H2,1-4H3,(H,19,20). The zero-order chi connectivity index (χ0) is 17.0. The minimum Gasteiger partial charge on any atom is -0.367 e. The van der Waals surface area contributed by atoms with Crippen molar-refractivity contribution in [3.05, 3.63) is 34.1 Å². The third kappa shape index (κ3) is 2.28. The van der Waals surface area contributed by atoms with Crippen molar-refractivity contribution in [2.75, 3.05) is 5.32 Å². The van der Waals surface area contributed by atoms with Crippen LogP contribution in [0.25, 0.3) is 22.2 Å². The van der Waals surface area contributed by atoms with Gasteiger partial charge in [0.05, 0.1) is 23.2 Å². The number of pyridine rings is 1. The van der Waals surface area contributed by atoms with E-state index in [2.05, 4.69) is 15.4 Å². The first kappa shape index (κ1) is 14.9. The van der Waals surface area contributed by atoms with Crippen LogP contribution < -0.4 is 10.9 Å². The topological polar surface area (TPSA) is 77.6 Å². The highest BCUT2D eigenvalue weighted by Crippen LogP contribution is 2.31. The van der Waals surface area contributed by atoms with Crippen LogP contribution >= 0.6 is 0 Å². The molecule has 124 valence electrons. The summed E-state index contributed by atoms with van der Waals surface area (Å²) in [6.07, 6.45) is 3.77. The predicted molar refractivity (Wildman–Crippen MR) is 93.1 cm³/mol. The Hall–Kier alpha value is -2.70. The Bertz CT molecular complexity index is 1010. The van der Waals surface area contributed by atoms with Crippen LogP contribution in [0.15, 0.2) is 17.2 Å². The molecule has 3 heterocycles. The van der Waals surface area contributed by atoms with E-state index in [1.807, 2.05) is 31.6 Å². The third-order valence-corrected chi connectivity index (χ3v) is 4.59. The van der Waals surface area contributed by atoms with Gasteiger partial charge >= 0.3 is 0 Å². The van der Waals surface area contributed by atoms with Gasteiger partial charge in [0.2, 0.25) is 0 Å². The number of fused-ring (bicyclic) bond motifs is 1. The lowest BCUT2D eigenvalue weighted by molar-refractivity contribution is 0.731. The van der Waals surface area contributed by atoms with Gasteiger partial charge in [0, 0.05) is 31.4 Å². The van der Waals surface area contributed by atoms with Gasteiger partial charge in [0.25, 0.3) is 5.56 Å². The van der Waals surface area contributed by atoms with Gasteiger partial charge in [-0.05, 0) is 32.8 Å². The molecule has 0 bridgehead atoms. The van der Waals surface area contributed by atoms with Crippen LogP contribution in [0.3, 0.4) is 0 Å². The van der Waals surface area contributed by atoms with E-state index in [0.717, 1.165) is 35.5 Å². The molecule has 0 spiro atoms. The second kappa shape index (κ2) is 5.15. The Morgan fingerprint density at radius 2 is 2.00 bits per heavy atom. The van der Waals surface area contributed by atoms with Crippen molar-refractivity contribution in [2.24, 2.45) is 14.1 Å². The lowest BCUT2D eigenvalue weighted by Gasteiger charge is -2.11. The Labute approximate surface area is 139 Å². The zero-order valence-corrected chi connectivity index (χ0v) is 14.3. The molecule has 0 radical (unpaired) electrons. The molecule has 1 aliphatic carbocycles. The van der Waals surface area contributed by atoms with Crippen molar-refractivity contribution < 1.29 is 0 Å². The van der Waals surface area contributed by atoms with Gasteiger partial charge in [-0.1, -0.05) is 0 Å². The number of rotatable bonds is 3. The molecule has 3 aromatic rings. The second-order valence-electron chi connectivity index (χ2n) is 6.50. The van der Waals surface area contributed by atoms with Crippen molar-refractivity contribution in [3.8, 4) is 11.3 Å². The summed E-state index contributed by atoms with van der Waals surface area (Å²) in [6.45, 7) is 3.99. The van der Waals surface area contributed by atoms with E-state index in [1.165, 1.54) is 4.57 Å². The number of nitrogens with zero attached hydrogens (tertiary/aromatic N) is 5. The maximum absolute atomic E-state index is 12.6. The van der Waals surface area contributed by atoms with Gasteiger partial charge in [-0.15, -0.1) is 0 Å². The fraction of sp³-hybridized carbons (Fsp3) is 0.412. The molecule has 24 heavy (non-hydrogen) atoms. The molecule has 1 fully saturated rings. The smallest absolute Gasteiger partial charge is 0.264 e. The Morgan fingerprint density at radius 3 is 2.62 bits per heavy atom. The Balaban J connectivity index is 2.01. The molecule has 7 nitrogen and oxygen atoms in total. The number of aromatic nitrogens is 5. The molecule has 0 atom stereocenters. The van der Waals surface area contributed by atoms with Crippen LogP contribution in [0, 0.1) is 13.8 Å². The largest absolute Gasteiger partial charge is 0.367 e. The van der Waals surface area contributed by atoms with E-state index in [0.29, 0.717) is 22.8 Å². The van der Waals surface area contributed by atoms with E-state index in [9.17, 15) is 4.79 Å². The van der Waals surface area contributed by atoms with Gasteiger partial charge in [-0.3, -0.25) is 9.48 Å². The van der Waals surface area contributed by atoms with Crippen LogP contribution in [-0.4, -0.2) is 30.4 Å². The molecule has 4 rings (SSSR count). The molecular weight excluding hydrogens is 304 g/mol. The molecule has 0 aromatic carbocycles. The van der Waals surface area contributed by atoms with Crippen molar-refractivity contribution in [2.45, 2.75) is 32.7 Å². The van der Waals surface area contributed by atoms with Crippen LogP contribution in [0.4, 0.5) is 5.82 Å². The van der Waals surface area contributed by atoms with Gasteiger partial charge in [-0.2, -0.15) is 5.10 Å². The summed E-state index contributed by atoms with van der Waals surface area (Å²) >= 11 is 0. The van der Waals surface area contributed by atoms with Crippen LogP contribution in [-0.2, 0) is 14.1 Å². The van der Waals surface area contributed by atoms with E-state index >= 15 is 0 Å². The molecule has 1 aliphatic rings. The summed E-state index contributed by atoms with van der Waals surface area (Å²) in [7, 11) is 3.63. The van der Waals surface area contributed by atoms with Crippen molar-refractivity contribution >= 4 is 16.7 Å². The van der Waals surface area contributed by atoms with Crippen LogP contribution in [0.2, 0.25) is 0 Å². The van der Waals surface area contributed by atoms with Crippen LogP contribution in [0.5, 0.6) is 0 Å². The summed E-state index contributed by atoms with van der Waals surface area (Å²) in [5, 5.41) is 8.41. The number of hydrogen-bond donors (Lipinski definition) is 1. The molecule has 0 amide bonds. The van der Waals surface area contributed by atoms with Crippen LogP contribution in [0.1, 0.15) is 24.2 Å². The molecular formula is C17H20N6O. The third-order valence-electron chi connectivity index (χ3n) is 4.59. The first-order valence-electron chi connectivity index (χ1n) is 8.09. The number of hydrogen-bond acceptors (Lipinski definition) is 5. The van der Waals surface area contributed by atoms with E-state index in [1.54, 1.807) is 13.4 Å². The van der Waals surface area contributed by atoms with Crippen molar-refractivity contribution in [1.29, 1.82) is 0 Å². The maximum Gasteiger partial charge on any atom is 0.264 e. The zero-order valence-electron chi connectivity index (χ0n) is 14.3. The molecule has 7 heteroatoms. The van der Waals surface area contributed by atoms with Gasteiger partial charge in [0.1, 0.15) is 11.2 Å². The fourth-order valence-electron chi connectivity index (χ4n) is 3.02. The lowest BCUT2D eigenvalue weighted by Crippen LogP contribution is -2.19. The highest BCUT2D eigenvalue weighted by molar-refractivity contribution is 5.91. The van der Waals surface area contributed by atoms with Gasteiger partial charge in [-0.25, -0.2) is 9.97 Å². The normalized spacial score (nSPS) is 14.3. The molecule has 1 N–H and O–H groups in total. The number of nitrogens with one attached hydrogen (secondary N) is 1. The minimum absolute atomic E-state index is 0.0816. The van der Waals surface area contributed by atoms with Gasteiger partial charge < -0.3 is 9.88 Å². The monoisotopic (exact) mass is 324 g/mol. The van der Waals surface area contributed by atoms with E-state index in [-0.39, 0.29) is 5.56 Å². The maximum atomic E-state index is 12.6. The summed E-state index contributed by atoms with van der Waals surface area (Å²) in [6, 6.07) is 2.28. The average molecular weight is 324 g/mol. The molecule has 0 saturated heterocycles. The van der Waals surface area contributed by atoms with E-state index < -0.39 is 0 Å². The fourth-order valence-corrected chi connectivity index (χ4v) is 3.02. The summed E-state index contributed by atoms with van der Waals surface area (Å²) in [5.41, 5.74) is 4.34. The van der Waals surface area contributed by atoms with Crippen molar-refractivity contribution in [1.82, 2.24) is 24.3 Å². The Kier molecular flexibility index (Phi) is 3.19. The predicted octanol–water partition coefficient (Wildman–Crippen LogP) is 1.92.